The molecule has 0 bridgehead atoms. The van der Waals surface area contributed by atoms with Gasteiger partial charge >= 0.3 is 0 Å². The van der Waals surface area contributed by atoms with Crippen molar-refractivity contribution in [3.05, 3.63) is 146 Å². The average molecular weight is 703 g/mol. The van der Waals surface area contributed by atoms with Crippen molar-refractivity contribution in [1.29, 1.82) is 0 Å². The molecule has 0 unspecified atom stereocenters. The molecular weight excluding hydrogens is 681 g/mol. The smallest absolute Gasteiger partial charge is 0.0774 e. The van der Waals surface area contributed by atoms with E-state index in [-0.39, 0.29) is 20.1 Å². The second kappa shape index (κ2) is 10.3. The van der Waals surface area contributed by atoms with E-state index in [9.17, 15) is 0 Å². The van der Waals surface area contributed by atoms with Gasteiger partial charge in [-0.1, -0.05) is 60.0 Å². The molecular formula is C36H22IrN4-2. The molecule has 0 spiro atoms. The maximum atomic E-state index is 5.00. The van der Waals surface area contributed by atoms with Crippen LogP contribution in [0.25, 0.3) is 66.2 Å². The standard InChI is InChI=1S/C25H14N3.C11H8N.Ir/c1-4-12-20-16(8-1)17-10-7-15-23-24(17)27(20)21-13-5-2-9-18(21)25-26-19-11-3-6-14-22(19)28(23)25;1-2-6-10(7-3-1)11-8-4-5-9-12-11;/h1-8,10-15H;1-6,8-9H;/q2*-1;. The van der Waals surface area contributed by atoms with Crippen molar-refractivity contribution in [2.45, 2.75) is 0 Å². The minimum atomic E-state index is 0. The molecule has 0 aliphatic rings. The molecule has 0 atom stereocenters. The molecule has 197 valence electrons. The van der Waals surface area contributed by atoms with Gasteiger partial charge in [0.15, 0.2) is 0 Å². The maximum absolute atomic E-state index is 5.00. The van der Waals surface area contributed by atoms with Crippen LogP contribution in [0, 0.1) is 12.1 Å². The third-order valence-corrected chi connectivity index (χ3v) is 7.42. The molecule has 0 saturated carbocycles. The summed E-state index contributed by atoms with van der Waals surface area (Å²) < 4.78 is 4.66. The Hall–Kier alpha value is -4.83. The van der Waals surface area contributed by atoms with Gasteiger partial charge < -0.3 is 13.8 Å². The normalized spacial score (nSPS) is 11.2. The third kappa shape index (κ3) is 4.02. The van der Waals surface area contributed by atoms with Crippen LogP contribution < -0.4 is 0 Å². The van der Waals surface area contributed by atoms with Gasteiger partial charge in [-0.15, -0.1) is 60.2 Å². The predicted octanol–water partition coefficient (Wildman–Crippen LogP) is 8.55. The van der Waals surface area contributed by atoms with Crippen molar-refractivity contribution in [3.63, 3.8) is 0 Å². The Kier molecular flexibility index (Phi) is 6.31. The van der Waals surface area contributed by atoms with Gasteiger partial charge in [-0.25, -0.2) is 0 Å². The summed E-state index contributed by atoms with van der Waals surface area (Å²) in [7, 11) is 0. The number of benzene rings is 5. The van der Waals surface area contributed by atoms with E-state index < -0.39 is 0 Å². The van der Waals surface area contributed by atoms with Crippen molar-refractivity contribution < 1.29 is 20.1 Å². The van der Waals surface area contributed by atoms with E-state index in [0.29, 0.717) is 0 Å². The van der Waals surface area contributed by atoms with Crippen LogP contribution in [0.3, 0.4) is 0 Å². The number of aromatic nitrogens is 4. The van der Waals surface area contributed by atoms with Gasteiger partial charge in [0.25, 0.3) is 0 Å². The Morgan fingerprint density at radius 2 is 1.27 bits per heavy atom. The summed E-state index contributed by atoms with van der Waals surface area (Å²) in [5.41, 5.74) is 9.77. The number of hydrogen-bond donors (Lipinski definition) is 0. The van der Waals surface area contributed by atoms with E-state index in [2.05, 4.69) is 98.7 Å². The summed E-state index contributed by atoms with van der Waals surface area (Å²) in [5.74, 6) is 0. The SMILES string of the molecule is [Ir].[c-]1cccc2c1c1nc3ccccc3n1c1cccc3c4ccccc4n2c31.[c-]1ccccc1-c1ccccn1. The Morgan fingerprint density at radius 1 is 0.537 bits per heavy atom. The van der Waals surface area contributed by atoms with Crippen molar-refractivity contribution >= 4 is 54.9 Å². The largest absolute Gasteiger partial charge is 0.349 e. The van der Waals surface area contributed by atoms with E-state index in [1.807, 2.05) is 54.6 Å². The summed E-state index contributed by atoms with van der Waals surface area (Å²) in [6.45, 7) is 0. The number of para-hydroxylation sites is 4. The summed E-state index contributed by atoms with van der Waals surface area (Å²) in [5, 5.41) is 3.55. The van der Waals surface area contributed by atoms with Crippen molar-refractivity contribution in [2.24, 2.45) is 0 Å². The van der Waals surface area contributed by atoms with E-state index in [0.717, 1.165) is 44.4 Å². The van der Waals surface area contributed by atoms with Gasteiger partial charge in [0.2, 0.25) is 0 Å². The molecule has 4 aromatic heterocycles. The second-order valence-electron chi connectivity index (χ2n) is 9.71. The first-order valence-electron chi connectivity index (χ1n) is 13.3. The minimum Gasteiger partial charge on any atom is -0.349 e. The van der Waals surface area contributed by atoms with Crippen molar-refractivity contribution in [3.8, 4) is 11.3 Å². The van der Waals surface area contributed by atoms with Crippen LogP contribution in [-0.2, 0) is 20.1 Å². The van der Waals surface area contributed by atoms with Gasteiger partial charge in [-0.3, -0.25) is 4.98 Å². The fourth-order valence-corrected chi connectivity index (χ4v) is 5.74. The molecule has 4 heterocycles. The van der Waals surface area contributed by atoms with Gasteiger partial charge in [-0.05, 0) is 41.5 Å². The van der Waals surface area contributed by atoms with Gasteiger partial charge in [0.05, 0.1) is 27.7 Å². The first-order chi connectivity index (χ1) is 19.9. The Labute approximate surface area is 249 Å². The molecule has 5 aromatic carbocycles. The molecule has 0 N–H and O–H groups in total. The Bertz CT molecular complexity index is 2280. The summed E-state index contributed by atoms with van der Waals surface area (Å²) in [4.78, 5) is 9.22. The minimum absolute atomic E-state index is 0. The van der Waals surface area contributed by atoms with Gasteiger partial charge in [0, 0.05) is 42.6 Å². The van der Waals surface area contributed by atoms with E-state index in [4.69, 9.17) is 4.98 Å². The fourth-order valence-electron chi connectivity index (χ4n) is 5.74. The van der Waals surface area contributed by atoms with E-state index in [1.165, 1.54) is 21.8 Å². The Balaban J connectivity index is 0.000000180. The monoisotopic (exact) mass is 703 g/mol. The zero-order valence-electron chi connectivity index (χ0n) is 21.8. The number of rotatable bonds is 1. The number of imidazole rings is 1. The summed E-state index contributed by atoms with van der Waals surface area (Å²) in [6.07, 6.45) is 1.79. The zero-order valence-corrected chi connectivity index (χ0v) is 24.2. The van der Waals surface area contributed by atoms with E-state index in [1.54, 1.807) is 6.20 Å². The topological polar surface area (TPSA) is 34.6 Å². The van der Waals surface area contributed by atoms with Crippen LogP contribution in [0.1, 0.15) is 0 Å². The molecule has 0 saturated heterocycles. The molecule has 4 nitrogen and oxygen atoms in total. The number of fused-ring (bicyclic) bond motifs is 10. The van der Waals surface area contributed by atoms with Crippen LogP contribution in [0.4, 0.5) is 0 Å². The molecule has 0 aliphatic heterocycles. The molecule has 9 rings (SSSR count). The number of hydrogen-bond acceptors (Lipinski definition) is 2. The van der Waals surface area contributed by atoms with E-state index >= 15 is 0 Å². The molecule has 1 radical (unpaired) electrons. The molecule has 5 heteroatoms. The van der Waals surface area contributed by atoms with Crippen LogP contribution in [0.15, 0.2) is 134 Å². The van der Waals surface area contributed by atoms with Crippen LogP contribution in [-0.4, -0.2) is 18.8 Å². The molecule has 9 aromatic rings. The van der Waals surface area contributed by atoms with Crippen LogP contribution in [0.5, 0.6) is 0 Å². The quantitative estimate of drug-likeness (QED) is 0.161. The molecule has 0 amide bonds. The van der Waals surface area contributed by atoms with Crippen LogP contribution in [0.2, 0.25) is 0 Å². The first kappa shape index (κ1) is 25.2. The summed E-state index contributed by atoms with van der Waals surface area (Å²) >= 11 is 0. The third-order valence-electron chi connectivity index (χ3n) is 7.42. The first-order valence-corrected chi connectivity index (χ1v) is 13.3. The molecule has 0 aliphatic carbocycles. The maximum Gasteiger partial charge on any atom is 0.0774 e. The van der Waals surface area contributed by atoms with Crippen molar-refractivity contribution in [1.82, 2.24) is 18.8 Å². The van der Waals surface area contributed by atoms with Crippen molar-refractivity contribution in [2.75, 3.05) is 0 Å². The zero-order chi connectivity index (χ0) is 26.5. The second-order valence-corrected chi connectivity index (χ2v) is 9.71. The fraction of sp³-hybridized carbons (Fsp3) is 0. The van der Waals surface area contributed by atoms with Gasteiger partial charge in [-0.2, -0.15) is 0 Å². The predicted molar refractivity (Wildman–Crippen MR) is 164 cm³/mol. The molecule has 0 fully saturated rings. The number of nitrogens with zero attached hydrogens (tertiary/aromatic N) is 4. The molecule has 41 heavy (non-hydrogen) atoms. The Morgan fingerprint density at radius 3 is 2.12 bits per heavy atom. The van der Waals surface area contributed by atoms with Crippen LogP contribution >= 0.6 is 0 Å². The average Bonchev–Trinajstić information content (AvgIpc) is 3.55. The summed E-state index contributed by atoms with van der Waals surface area (Å²) in [6, 6.07) is 50.0. The van der Waals surface area contributed by atoms with Gasteiger partial charge in [0.1, 0.15) is 0 Å². The number of pyridine rings is 1.